The summed E-state index contributed by atoms with van der Waals surface area (Å²) >= 11 is 6.51. The average molecular weight is 414 g/mol. The van der Waals surface area contributed by atoms with E-state index in [4.69, 9.17) is 25.8 Å². The van der Waals surface area contributed by atoms with Crippen LogP contribution in [0.25, 0.3) is 21.5 Å². The molecule has 0 spiro atoms. The van der Waals surface area contributed by atoms with E-state index in [0.717, 1.165) is 58.6 Å². The summed E-state index contributed by atoms with van der Waals surface area (Å²) in [6, 6.07) is 8.08. The van der Waals surface area contributed by atoms with Crippen LogP contribution in [-0.4, -0.2) is 43.9 Å². The zero-order valence-electron chi connectivity index (χ0n) is 16.8. The van der Waals surface area contributed by atoms with E-state index in [9.17, 15) is 5.11 Å². The second-order valence-electron chi connectivity index (χ2n) is 7.80. The van der Waals surface area contributed by atoms with Crippen molar-refractivity contribution in [2.75, 3.05) is 27.9 Å². The van der Waals surface area contributed by atoms with E-state index in [-0.39, 0.29) is 6.04 Å². The summed E-state index contributed by atoms with van der Waals surface area (Å²) in [6.07, 6.45) is 1.57. The van der Waals surface area contributed by atoms with Crippen LogP contribution in [-0.2, 0) is 6.54 Å². The highest BCUT2D eigenvalue weighted by atomic mass is 35.5. The van der Waals surface area contributed by atoms with Crippen molar-refractivity contribution in [3.8, 4) is 17.2 Å². The molecule has 1 saturated heterocycles. The lowest BCUT2D eigenvalue weighted by Gasteiger charge is -2.37. The van der Waals surface area contributed by atoms with Crippen molar-refractivity contribution in [3.05, 3.63) is 40.4 Å². The van der Waals surface area contributed by atoms with Gasteiger partial charge in [0.25, 0.3) is 0 Å². The molecule has 152 valence electrons. The molecule has 2 heterocycles. The average Bonchev–Trinajstić information content (AvgIpc) is 3.21. The molecule has 1 fully saturated rings. The van der Waals surface area contributed by atoms with Gasteiger partial charge >= 0.3 is 0 Å². The van der Waals surface area contributed by atoms with E-state index in [0.29, 0.717) is 22.3 Å². The molecular formula is C23H24ClNO4. The largest absolute Gasteiger partial charge is 0.495 e. The molecule has 0 unspecified atom stereocenters. The van der Waals surface area contributed by atoms with Crippen LogP contribution in [0.1, 0.15) is 30.1 Å². The monoisotopic (exact) mass is 413 g/mol. The van der Waals surface area contributed by atoms with Gasteiger partial charge in [-0.25, -0.2) is 0 Å². The lowest BCUT2D eigenvalue weighted by Crippen LogP contribution is -2.39. The number of ether oxygens (including phenoxy) is 3. The summed E-state index contributed by atoms with van der Waals surface area (Å²) in [5, 5.41) is 16.0. The van der Waals surface area contributed by atoms with Gasteiger partial charge in [-0.1, -0.05) is 11.6 Å². The highest BCUT2D eigenvalue weighted by molar-refractivity contribution is 6.33. The number of halogens is 1. The smallest absolute Gasteiger partial charge is 0.161 e. The second kappa shape index (κ2) is 6.94. The van der Waals surface area contributed by atoms with Gasteiger partial charge < -0.3 is 19.3 Å². The maximum atomic E-state index is 11.4. The Hall–Kier alpha value is -2.21. The van der Waals surface area contributed by atoms with Crippen molar-refractivity contribution in [1.29, 1.82) is 0 Å². The number of nitrogens with zero attached hydrogens (tertiary/aromatic N) is 1. The fraction of sp³-hybridized carbons (Fsp3) is 0.391. The zero-order chi connectivity index (χ0) is 20.3. The van der Waals surface area contributed by atoms with E-state index in [1.54, 1.807) is 21.3 Å². The maximum Gasteiger partial charge on any atom is 0.161 e. The third-order valence-corrected chi connectivity index (χ3v) is 6.78. The minimum Gasteiger partial charge on any atom is -0.495 e. The lowest BCUT2D eigenvalue weighted by atomic mass is 9.83. The van der Waals surface area contributed by atoms with Crippen LogP contribution in [0, 0.1) is 0 Å². The van der Waals surface area contributed by atoms with Crippen molar-refractivity contribution in [2.45, 2.75) is 31.5 Å². The summed E-state index contributed by atoms with van der Waals surface area (Å²) in [5.74, 6) is 1.94. The Bertz CT molecular complexity index is 1130. The number of hydrogen-bond donors (Lipinski definition) is 1. The van der Waals surface area contributed by atoms with Gasteiger partial charge in [0.2, 0.25) is 0 Å². The number of aliphatic hydroxyl groups is 1. The van der Waals surface area contributed by atoms with Crippen molar-refractivity contribution >= 4 is 33.1 Å². The minimum absolute atomic E-state index is 0.157. The molecule has 3 aromatic rings. The van der Waals surface area contributed by atoms with Crippen molar-refractivity contribution < 1.29 is 19.3 Å². The molecule has 0 bridgehead atoms. The van der Waals surface area contributed by atoms with Gasteiger partial charge in [-0.15, -0.1) is 0 Å². The molecule has 0 aromatic heterocycles. The number of hydrogen-bond acceptors (Lipinski definition) is 5. The third kappa shape index (κ3) is 2.68. The number of benzene rings is 3. The molecule has 5 rings (SSSR count). The van der Waals surface area contributed by atoms with E-state index >= 15 is 0 Å². The molecule has 2 aliphatic heterocycles. The molecule has 29 heavy (non-hydrogen) atoms. The molecule has 0 radical (unpaired) electrons. The molecule has 2 atom stereocenters. The quantitative estimate of drug-likeness (QED) is 0.631. The third-order valence-electron chi connectivity index (χ3n) is 6.48. The molecule has 0 amide bonds. The van der Waals surface area contributed by atoms with Gasteiger partial charge in [-0.05, 0) is 76.3 Å². The summed E-state index contributed by atoms with van der Waals surface area (Å²) in [5.41, 5.74) is 2.12. The highest BCUT2D eigenvalue weighted by Crippen LogP contribution is 2.48. The van der Waals surface area contributed by atoms with Crippen LogP contribution in [0.2, 0.25) is 5.02 Å². The molecule has 6 heteroatoms. The van der Waals surface area contributed by atoms with Crippen LogP contribution in [0.5, 0.6) is 17.2 Å². The summed E-state index contributed by atoms with van der Waals surface area (Å²) in [7, 11) is 4.89. The number of aliphatic hydroxyl groups excluding tert-OH is 1. The first-order valence-corrected chi connectivity index (χ1v) is 10.2. The Balaban J connectivity index is 1.94. The zero-order valence-corrected chi connectivity index (χ0v) is 17.5. The van der Waals surface area contributed by atoms with Crippen LogP contribution >= 0.6 is 11.6 Å². The Morgan fingerprint density at radius 2 is 1.52 bits per heavy atom. The van der Waals surface area contributed by atoms with Crippen LogP contribution in [0.4, 0.5) is 0 Å². The number of methoxy groups -OCH3 is 3. The first-order valence-electron chi connectivity index (χ1n) is 9.87. The SMILES string of the molecule is COc1cc2c(cc1Cl)c1c(c3cc(OC)c(OC)cc32)[C@H](O)[C@@H]2CCCN2C1. The van der Waals surface area contributed by atoms with Crippen molar-refractivity contribution in [2.24, 2.45) is 0 Å². The number of rotatable bonds is 3. The minimum atomic E-state index is -0.549. The van der Waals surface area contributed by atoms with Crippen LogP contribution in [0.3, 0.4) is 0 Å². The fourth-order valence-electron chi connectivity index (χ4n) is 5.12. The van der Waals surface area contributed by atoms with E-state index in [1.807, 2.05) is 24.3 Å². The molecule has 5 nitrogen and oxygen atoms in total. The first-order chi connectivity index (χ1) is 14.1. The van der Waals surface area contributed by atoms with Crippen LogP contribution < -0.4 is 14.2 Å². The predicted molar refractivity (Wildman–Crippen MR) is 115 cm³/mol. The normalized spacial score (nSPS) is 21.3. The second-order valence-corrected chi connectivity index (χ2v) is 8.21. The van der Waals surface area contributed by atoms with E-state index in [2.05, 4.69) is 4.90 Å². The Labute approximate surface area is 174 Å². The fourth-order valence-corrected chi connectivity index (χ4v) is 5.36. The van der Waals surface area contributed by atoms with E-state index in [1.165, 1.54) is 0 Å². The molecule has 0 aliphatic carbocycles. The summed E-state index contributed by atoms with van der Waals surface area (Å²) in [6.45, 7) is 1.82. The van der Waals surface area contributed by atoms with Gasteiger partial charge in [0, 0.05) is 12.6 Å². The Kier molecular flexibility index (Phi) is 4.50. The Morgan fingerprint density at radius 1 is 0.897 bits per heavy atom. The molecule has 0 saturated carbocycles. The van der Waals surface area contributed by atoms with Gasteiger partial charge in [-0.2, -0.15) is 0 Å². The van der Waals surface area contributed by atoms with Gasteiger partial charge in [0.15, 0.2) is 11.5 Å². The van der Waals surface area contributed by atoms with Crippen molar-refractivity contribution in [1.82, 2.24) is 4.90 Å². The molecule has 1 N–H and O–H groups in total. The van der Waals surface area contributed by atoms with Crippen molar-refractivity contribution in [3.63, 3.8) is 0 Å². The molecular weight excluding hydrogens is 390 g/mol. The predicted octanol–water partition coefficient (Wildman–Crippen LogP) is 4.68. The molecule has 3 aromatic carbocycles. The lowest BCUT2D eigenvalue weighted by molar-refractivity contribution is 0.0552. The maximum absolute atomic E-state index is 11.4. The summed E-state index contributed by atoms with van der Waals surface area (Å²) < 4.78 is 16.6. The van der Waals surface area contributed by atoms with Gasteiger partial charge in [0.1, 0.15) is 5.75 Å². The number of fused-ring (bicyclic) bond motifs is 7. The van der Waals surface area contributed by atoms with Crippen LogP contribution in [0.15, 0.2) is 24.3 Å². The summed E-state index contributed by atoms with van der Waals surface area (Å²) in [4.78, 5) is 2.39. The highest BCUT2D eigenvalue weighted by Gasteiger charge is 2.39. The topological polar surface area (TPSA) is 51.2 Å². The Morgan fingerprint density at radius 3 is 2.21 bits per heavy atom. The van der Waals surface area contributed by atoms with E-state index < -0.39 is 6.10 Å². The van der Waals surface area contributed by atoms with Gasteiger partial charge in [0.05, 0.1) is 32.5 Å². The standard InChI is InChI=1S/C23H24ClNO4/c1-27-19-8-13-12(7-17(19)24)16-11-25-6-4-5-18(25)23(26)22(16)15-10-21(29-3)20(28-2)9-14(13)15/h7-10,18,23,26H,4-6,11H2,1-3H3/t18-,23+/m0/s1. The first kappa shape index (κ1) is 18.8. The van der Waals surface area contributed by atoms with Gasteiger partial charge in [-0.3, -0.25) is 4.90 Å². The molecule has 2 aliphatic rings.